The van der Waals surface area contributed by atoms with Crippen molar-refractivity contribution in [2.24, 2.45) is 0 Å². The van der Waals surface area contributed by atoms with Crippen molar-refractivity contribution in [3.05, 3.63) is 82.4 Å². The maximum Gasteiger partial charge on any atom is 0.417 e. The average molecular weight is 508 g/mol. The molecular formula is C26H24F3N7O. The summed E-state index contributed by atoms with van der Waals surface area (Å²) in [4.78, 5) is 32.3. The highest BCUT2D eigenvalue weighted by Crippen LogP contribution is 2.30. The van der Waals surface area contributed by atoms with E-state index >= 15 is 0 Å². The SMILES string of the molecule is Cc1cc2cc(C(=O)N(Cc3ccc(C(F)(F)F)cn3)C3CCc4nc(N)ncc4C3)ccc2nc1N. The summed E-state index contributed by atoms with van der Waals surface area (Å²) in [7, 11) is 0. The van der Waals surface area contributed by atoms with E-state index in [9.17, 15) is 18.0 Å². The van der Waals surface area contributed by atoms with Crippen LogP contribution in [0.4, 0.5) is 24.9 Å². The van der Waals surface area contributed by atoms with Gasteiger partial charge in [0.25, 0.3) is 5.91 Å². The second-order valence-electron chi connectivity index (χ2n) is 9.16. The summed E-state index contributed by atoms with van der Waals surface area (Å²) in [5.41, 5.74) is 14.8. The highest BCUT2D eigenvalue weighted by Gasteiger charge is 2.32. The lowest BCUT2D eigenvalue weighted by Gasteiger charge is -2.35. The minimum absolute atomic E-state index is 0.0455. The molecule has 0 saturated heterocycles. The van der Waals surface area contributed by atoms with Gasteiger partial charge in [-0.2, -0.15) is 13.2 Å². The number of pyridine rings is 2. The Labute approximate surface area is 210 Å². The lowest BCUT2D eigenvalue weighted by Crippen LogP contribution is -2.43. The largest absolute Gasteiger partial charge is 0.417 e. The molecule has 3 aromatic heterocycles. The van der Waals surface area contributed by atoms with Crippen LogP contribution in [0.1, 0.15) is 44.9 Å². The molecule has 5 rings (SSSR count). The van der Waals surface area contributed by atoms with Gasteiger partial charge < -0.3 is 16.4 Å². The van der Waals surface area contributed by atoms with Crippen LogP contribution in [0.2, 0.25) is 0 Å². The normalized spacial score (nSPS) is 15.4. The summed E-state index contributed by atoms with van der Waals surface area (Å²) >= 11 is 0. The Morgan fingerprint density at radius 1 is 1.08 bits per heavy atom. The zero-order chi connectivity index (χ0) is 26.3. The van der Waals surface area contributed by atoms with E-state index in [0.29, 0.717) is 41.9 Å². The van der Waals surface area contributed by atoms with Crippen LogP contribution in [-0.4, -0.2) is 36.8 Å². The van der Waals surface area contributed by atoms with Crippen molar-refractivity contribution in [3.8, 4) is 0 Å². The highest BCUT2D eigenvalue weighted by atomic mass is 19.4. The summed E-state index contributed by atoms with van der Waals surface area (Å²) in [6.45, 7) is 1.89. The van der Waals surface area contributed by atoms with E-state index in [1.54, 1.807) is 29.3 Å². The van der Waals surface area contributed by atoms with E-state index < -0.39 is 11.7 Å². The first-order valence-electron chi connectivity index (χ1n) is 11.7. The fraction of sp³-hybridized carbons (Fsp3) is 0.269. The van der Waals surface area contributed by atoms with Gasteiger partial charge in [0.05, 0.1) is 23.3 Å². The minimum atomic E-state index is -4.49. The van der Waals surface area contributed by atoms with Crippen molar-refractivity contribution in [2.75, 3.05) is 11.5 Å². The summed E-state index contributed by atoms with van der Waals surface area (Å²) < 4.78 is 39.1. The van der Waals surface area contributed by atoms with E-state index in [0.717, 1.165) is 34.5 Å². The van der Waals surface area contributed by atoms with Crippen LogP contribution in [0.3, 0.4) is 0 Å². The van der Waals surface area contributed by atoms with Gasteiger partial charge in [0, 0.05) is 35.1 Å². The molecule has 4 aromatic rings. The first kappa shape index (κ1) is 24.4. The maximum absolute atomic E-state index is 13.9. The first-order valence-corrected chi connectivity index (χ1v) is 11.7. The summed E-state index contributed by atoms with van der Waals surface area (Å²) in [6, 6.07) is 9.09. The van der Waals surface area contributed by atoms with Gasteiger partial charge in [-0.1, -0.05) is 0 Å². The van der Waals surface area contributed by atoms with Crippen LogP contribution in [0.15, 0.2) is 48.8 Å². The van der Waals surface area contributed by atoms with Crippen molar-refractivity contribution < 1.29 is 18.0 Å². The molecule has 4 N–H and O–H groups in total. The number of anilines is 2. The van der Waals surface area contributed by atoms with Crippen LogP contribution in [0.25, 0.3) is 10.9 Å². The number of aromatic nitrogens is 4. The molecule has 0 fully saturated rings. The Kier molecular flexibility index (Phi) is 6.14. The summed E-state index contributed by atoms with van der Waals surface area (Å²) in [5.74, 6) is 0.355. The zero-order valence-electron chi connectivity index (χ0n) is 20.0. The molecule has 0 bridgehead atoms. The van der Waals surface area contributed by atoms with Crippen LogP contribution in [-0.2, 0) is 25.6 Å². The molecule has 0 aliphatic heterocycles. The Morgan fingerprint density at radius 2 is 1.89 bits per heavy atom. The molecule has 11 heteroatoms. The van der Waals surface area contributed by atoms with Crippen LogP contribution in [0.5, 0.6) is 0 Å². The van der Waals surface area contributed by atoms with Gasteiger partial charge in [-0.05, 0) is 73.7 Å². The molecule has 1 aliphatic rings. The molecule has 1 unspecified atom stereocenters. The molecule has 190 valence electrons. The lowest BCUT2D eigenvalue weighted by molar-refractivity contribution is -0.137. The Hall–Kier alpha value is -4.28. The highest BCUT2D eigenvalue weighted by molar-refractivity contribution is 5.98. The number of hydrogen-bond donors (Lipinski definition) is 2. The third kappa shape index (κ3) is 5.02. The number of amides is 1. The number of halogens is 3. The molecule has 0 spiro atoms. The van der Waals surface area contributed by atoms with Crippen molar-refractivity contribution in [1.82, 2.24) is 24.8 Å². The number of carbonyl (C=O) groups excluding carboxylic acids is 1. The fourth-order valence-electron chi connectivity index (χ4n) is 4.59. The summed E-state index contributed by atoms with van der Waals surface area (Å²) in [6.07, 6.45) is -0.335. The monoisotopic (exact) mass is 507 g/mol. The maximum atomic E-state index is 13.9. The summed E-state index contributed by atoms with van der Waals surface area (Å²) in [5, 5.41) is 0.767. The van der Waals surface area contributed by atoms with Gasteiger partial charge in [0.1, 0.15) is 5.82 Å². The van der Waals surface area contributed by atoms with Gasteiger partial charge in [-0.25, -0.2) is 15.0 Å². The number of alkyl halides is 3. The molecule has 1 amide bonds. The third-order valence-electron chi connectivity index (χ3n) is 6.62. The molecule has 3 heterocycles. The van der Waals surface area contributed by atoms with Crippen molar-refractivity contribution in [1.29, 1.82) is 0 Å². The second-order valence-corrected chi connectivity index (χ2v) is 9.16. The topological polar surface area (TPSA) is 124 Å². The molecule has 1 aliphatic carbocycles. The quantitative estimate of drug-likeness (QED) is 0.426. The van der Waals surface area contributed by atoms with Gasteiger partial charge in [0.2, 0.25) is 5.95 Å². The molecule has 37 heavy (non-hydrogen) atoms. The van der Waals surface area contributed by atoms with Crippen LogP contribution in [0, 0.1) is 6.92 Å². The molecule has 1 atom stereocenters. The van der Waals surface area contributed by atoms with Crippen molar-refractivity contribution >= 4 is 28.6 Å². The zero-order valence-corrected chi connectivity index (χ0v) is 20.0. The third-order valence-corrected chi connectivity index (χ3v) is 6.62. The minimum Gasteiger partial charge on any atom is -0.383 e. The van der Waals surface area contributed by atoms with E-state index in [-0.39, 0.29) is 24.4 Å². The first-order chi connectivity index (χ1) is 17.6. The van der Waals surface area contributed by atoms with E-state index in [1.165, 1.54) is 6.07 Å². The molecule has 8 nitrogen and oxygen atoms in total. The molecule has 1 aromatic carbocycles. The Morgan fingerprint density at radius 3 is 2.62 bits per heavy atom. The molecule has 0 radical (unpaired) electrons. The van der Waals surface area contributed by atoms with Crippen LogP contribution < -0.4 is 11.5 Å². The molecular weight excluding hydrogens is 483 g/mol. The number of aryl methyl sites for hydroxylation is 2. The van der Waals surface area contributed by atoms with Gasteiger partial charge >= 0.3 is 6.18 Å². The van der Waals surface area contributed by atoms with Gasteiger partial charge in [0.15, 0.2) is 0 Å². The Balaban J connectivity index is 1.49. The average Bonchev–Trinajstić information content (AvgIpc) is 2.87. The molecule has 0 saturated carbocycles. The second kappa shape index (κ2) is 9.30. The van der Waals surface area contributed by atoms with E-state index in [1.807, 2.05) is 13.0 Å². The standard InChI is InChI=1S/C26H24F3N7O/c1-14-8-16-9-15(2-6-21(16)34-23(14)30)24(37)36(13-19-4-3-18(12-32-19)26(27,28)29)20-5-7-22-17(10-20)11-33-25(31)35-22/h2-4,6,8-9,11-12,20H,5,7,10,13H2,1H3,(H2,30,34)(H2,31,33,35). The number of hydrogen-bond acceptors (Lipinski definition) is 7. The number of carbonyl (C=O) groups is 1. The van der Waals surface area contributed by atoms with Gasteiger partial charge in [-0.3, -0.25) is 9.78 Å². The Bertz CT molecular complexity index is 1490. The van der Waals surface area contributed by atoms with Crippen molar-refractivity contribution in [2.45, 2.75) is 44.9 Å². The number of nitrogens with zero attached hydrogens (tertiary/aromatic N) is 5. The fourth-order valence-corrected chi connectivity index (χ4v) is 4.59. The number of benzene rings is 1. The number of nitrogens with two attached hydrogens (primary N) is 2. The number of nitrogen functional groups attached to an aromatic ring is 2. The number of rotatable bonds is 4. The lowest BCUT2D eigenvalue weighted by atomic mass is 9.91. The van der Waals surface area contributed by atoms with E-state index in [2.05, 4.69) is 19.9 Å². The predicted molar refractivity (Wildman–Crippen MR) is 132 cm³/mol. The predicted octanol–water partition coefficient (Wildman–Crippen LogP) is 4.11. The van der Waals surface area contributed by atoms with E-state index in [4.69, 9.17) is 11.5 Å². The number of fused-ring (bicyclic) bond motifs is 2. The van der Waals surface area contributed by atoms with Crippen LogP contribution >= 0.6 is 0 Å². The smallest absolute Gasteiger partial charge is 0.383 e. The van der Waals surface area contributed by atoms with Gasteiger partial charge in [-0.15, -0.1) is 0 Å². The van der Waals surface area contributed by atoms with Crippen molar-refractivity contribution in [3.63, 3.8) is 0 Å².